The predicted octanol–water partition coefficient (Wildman–Crippen LogP) is 5.32. The highest BCUT2D eigenvalue weighted by atomic mass is 32.1. The number of benzene rings is 1. The summed E-state index contributed by atoms with van der Waals surface area (Å²) in [6, 6.07) is 16.6. The largest absolute Gasteiger partial charge is 0.333 e. The number of hydrogen-bond donors (Lipinski definition) is 1. The van der Waals surface area contributed by atoms with E-state index in [1.54, 1.807) is 11.3 Å². The standard InChI is InChI=1S/C22H22N4OS/c27-22(23-21-10-12-25(24-21)15-16-6-2-1-3-7-16)19-14-20-18(11-13-28-20)26(19)17-8-4-5-9-17/h1-3,6-7,10-14,17H,4-5,8-9,15H2,(H,23,24,27). The number of hydrogen-bond acceptors (Lipinski definition) is 3. The van der Waals surface area contributed by atoms with Gasteiger partial charge in [0.25, 0.3) is 5.91 Å². The Morgan fingerprint density at radius 2 is 1.96 bits per heavy atom. The van der Waals surface area contributed by atoms with Gasteiger partial charge in [0.2, 0.25) is 0 Å². The molecule has 3 heterocycles. The summed E-state index contributed by atoms with van der Waals surface area (Å²) in [4.78, 5) is 13.1. The van der Waals surface area contributed by atoms with Crippen LogP contribution in [0.15, 0.2) is 60.1 Å². The first-order chi connectivity index (χ1) is 13.8. The zero-order chi connectivity index (χ0) is 18.9. The van der Waals surface area contributed by atoms with Crippen LogP contribution >= 0.6 is 11.3 Å². The summed E-state index contributed by atoms with van der Waals surface area (Å²) in [5, 5.41) is 9.61. The van der Waals surface area contributed by atoms with E-state index in [0.717, 1.165) is 18.5 Å². The number of thiophene rings is 1. The summed E-state index contributed by atoms with van der Waals surface area (Å²) in [7, 11) is 0. The predicted molar refractivity (Wildman–Crippen MR) is 113 cm³/mol. The molecule has 6 heteroatoms. The van der Waals surface area contributed by atoms with Gasteiger partial charge in [-0.05, 0) is 35.9 Å². The topological polar surface area (TPSA) is 51.9 Å². The Morgan fingerprint density at radius 1 is 1.14 bits per heavy atom. The lowest BCUT2D eigenvalue weighted by molar-refractivity contribution is 0.101. The average molecular weight is 391 g/mol. The smallest absolute Gasteiger partial charge is 0.273 e. The van der Waals surface area contributed by atoms with Crippen molar-refractivity contribution in [2.45, 2.75) is 38.3 Å². The van der Waals surface area contributed by atoms with Crippen LogP contribution in [0.25, 0.3) is 10.2 Å². The third-order valence-corrected chi connectivity index (χ3v) is 6.31. The average Bonchev–Trinajstić information content (AvgIpc) is 3.47. The lowest BCUT2D eigenvalue weighted by Crippen LogP contribution is -2.19. The molecule has 1 aliphatic carbocycles. The molecule has 5 rings (SSSR count). The van der Waals surface area contributed by atoms with E-state index in [9.17, 15) is 4.79 Å². The Hall–Kier alpha value is -2.86. The van der Waals surface area contributed by atoms with Crippen molar-refractivity contribution in [2.75, 3.05) is 5.32 Å². The molecule has 1 fully saturated rings. The van der Waals surface area contributed by atoms with Crippen molar-refractivity contribution in [3.8, 4) is 0 Å². The summed E-state index contributed by atoms with van der Waals surface area (Å²) >= 11 is 1.69. The Labute approximate surface area is 167 Å². The number of nitrogens with zero attached hydrogens (tertiary/aromatic N) is 3. The van der Waals surface area contributed by atoms with Gasteiger partial charge in [-0.1, -0.05) is 43.2 Å². The van der Waals surface area contributed by atoms with Crippen molar-refractivity contribution in [3.05, 3.63) is 71.4 Å². The minimum Gasteiger partial charge on any atom is -0.333 e. The second kappa shape index (κ2) is 7.28. The summed E-state index contributed by atoms with van der Waals surface area (Å²) < 4.78 is 5.26. The van der Waals surface area contributed by atoms with Crippen molar-refractivity contribution in [1.82, 2.24) is 14.3 Å². The van der Waals surface area contributed by atoms with Crippen LogP contribution in [-0.4, -0.2) is 20.3 Å². The van der Waals surface area contributed by atoms with Crippen LogP contribution in [-0.2, 0) is 6.54 Å². The molecule has 1 aromatic carbocycles. The van der Waals surface area contributed by atoms with E-state index >= 15 is 0 Å². The summed E-state index contributed by atoms with van der Waals surface area (Å²) in [6.45, 7) is 0.685. The van der Waals surface area contributed by atoms with Gasteiger partial charge in [-0.25, -0.2) is 0 Å². The van der Waals surface area contributed by atoms with Crippen LogP contribution in [0.4, 0.5) is 5.82 Å². The number of aromatic nitrogens is 3. The first-order valence-electron chi connectivity index (χ1n) is 9.75. The summed E-state index contributed by atoms with van der Waals surface area (Å²) in [5.41, 5.74) is 3.10. The third kappa shape index (κ3) is 3.24. The Bertz CT molecular complexity index is 1100. The van der Waals surface area contributed by atoms with E-state index < -0.39 is 0 Å². The van der Waals surface area contributed by atoms with Gasteiger partial charge >= 0.3 is 0 Å². The zero-order valence-electron chi connectivity index (χ0n) is 15.5. The van der Waals surface area contributed by atoms with E-state index in [0.29, 0.717) is 18.4 Å². The SMILES string of the molecule is O=C(Nc1ccn(Cc2ccccc2)n1)c1cc2sccc2n1C1CCCC1. The molecule has 4 aromatic rings. The van der Waals surface area contributed by atoms with Crippen LogP contribution in [0, 0.1) is 0 Å². The van der Waals surface area contributed by atoms with Crippen molar-refractivity contribution in [2.24, 2.45) is 0 Å². The van der Waals surface area contributed by atoms with E-state index in [1.807, 2.05) is 41.2 Å². The minimum atomic E-state index is -0.0831. The van der Waals surface area contributed by atoms with Gasteiger partial charge in [0, 0.05) is 18.3 Å². The van der Waals surface area contributed by atoms with Crippen molar-refractivity contribution >= 4 is 33.3 Å². The van der Waals surface area contributed by atoms with Gasteiger partial charge in [0.15, 0.2) is 5.82 Å². The lowest BCUT2D eigenvalue weighted by atomic mass is 10.2. The maximum atomic E-state index is 13.1. The highest BCUT2D eigenvalue weighted by molar-refractivity contribution is 7.17. The molecule has 0 saturated heterocycles. The van der Waals surface area contributed by atoms with Crippen LogP contribution < -0.4 is 5.32 Å². The van der Waals surface area contributed by atoms with Gasteiger partial charge in [0.05, 0.1) is 16.8 Å². The highest BCUT2D eigenvalue weighted by Gasteiger charge is 2.25. The number of amides is 1. The first-order valence-corrected chi connectivity index (χ1v) is 10.6. The summed E-state index contributed by atoms with van der Waals surface area (Å²) in [6.07, 6.45) is 6.66. The molecule has 5 nitrogen and oxygen atoms in total. The molecule has 1 aliphatic rings. The van der Waals surface area contributed by atoms with Crippen molar-refractivity contribution in [3.63, 3.8) is 0 Å². The maximum Gasteiger partial charge on any atom is 0.273 e. The second-order valence-electron chi connectivity index (χ2n) is 7.35. The molecule has 3 aromatic heterocycles. The van der Waals surface area contributed by atoms with Gasteiger partial charge in [-0.15, -0.1) is 11.3 Å². The fraction of sp³-hybridized carbons (Fsp3) is 0.273. The highest BCUT2D eigenvalue weighted by Crippen LogP contribution is 2.36. The Balaban J connectivity index is 1.37. The number of carbonyl (C=O) groups is 1. The first kappa shape index (κ1) is 17.3. The number of rotatable bonds is 5. The van der Waals surface area contributed by atoms with Crippen molar-refractivity contribution in [1.29, 1.82) is 0 Å². The molecule has 0 spiro atoms. The minimum absolute atomic E-state index is 0.0831. The van der Waals surface area contributed by atoms with Gasteiger partial charge in [0.1, 0.15) is 5.69 Å². The molecule has 28 heavy (non-hydrogen) atoms. The van der Waals surface area contributed by atoms with Gasteiger partial charge in [-0.3, -0.25) is 9.48 Å². The molecule has 0 aliphatic heterocycles. The molecule has 1 amide bonds. The molecule has 0 unspecified atom stereocenters. The molecule has 1 N–H and O–H groups in total. The van der Waals surface area contributed by atoms with Crippen molar-refractivity contribution < 1.29 is 4.79 Å². The van der Waals surface area contributed by atoms with Crippen LogP contribution in [0.5, 0.6) is 0 Å². The molecule has 0 radical (unpaired) electrons. The van der Waals surface area contributed by atoms with E-state index in [2.05, 4.69) is 38.6 Å². The fourth-order valence-electron chi connectivity index (χ4n) is 4.14. The van der Waals surface area contributed by atoms with Gasteiger partial charge in [-0.2, -0.15) is 5.10 Å². The Morgan fingerprint density at radius 3 is 2.79 bits per heavy atom. The Kier molecular flexibility index (Phi) is 4.49. The number of nitrogens with one attached hydrogen (secondary N) is 1. The third-order valence-electron chi connectivity index (χ3n) is 5.45. The molecular weight excluding hydrogens is 368 g/mol. The van der Waals surface area contributed by atoms with Gasteiger partial charge < -0.3 is 9.88 Å². The van der Waals surface area contributed by atoms with Crippen LogP contribution in [0.3, 0.4) is 0 Å². The molecule has 1 saturated carbocycles. The molecule has 0 atom stereocenters. The van der Waals surface area contributed by atoms with E-state index in [4.69, 9.17) is 0 Å². The van der Waals surface area contributed by atoms with Crippen LogP contribution in [0.2, 0.25) is 0 Å². The summed E-state index contributed by atoms with van der Waals surface area (Å²) in [5.74, 6) is 0.503. The molecular formula is C22H22N4OS. The second-order valence-corrected chi connectivity index (χ2v) is 8.29. The van der Waals surface area contributed by atoms with Crippen LogP contribution in [0.1, 0.15) is 47.8 Å². The normalized spacial score (nSPS) is 14.7. The van der Waals surface area contributed by atoms with E-state index in [1.165, 1.54) is 28.6 Å². The zero-order valence-corrected chi connectivity index (χ0v) is 16.4. The lowest BCUT2D eigenvalue weighted by Gasteiger charge is -2.16. The number of fused-ring (bicyclic) bond motifs is 1. The number of anilines is 1. The fourth-order valence-corrected chi connectivity index (χ4v) is 4.95. The van der Waals surface area contributed by atoms with E-state index in [-0.39, 0.29) is 5.91 Å². The quantitative estimate of drug-likeness (QED) is 0.502. The number of carbonyl (C=O) groups excluding carboxylic acids is 1. The molecule has 0 bridgehead atoms. The maximum absolute atomic E-state index is 13.1. The monoisotopic (exact) mass is 390 g/mol. The molecule has 142 valence electrons.